The molecule has 0 aromatic heterocycles. The topological polar surface area (TPSA) is 78.9 Å². The third-order valence-corrected chi connectivity index (χ3v) is 17.3. The van der Waals surface area contributed by atoms with Crippen LogP contribution in [0.15, 0.2) is 12.2 Å². The number of hydrogen-bond donors (Lipinski definition) is 0. The van der Waals surface area contributed by atoms with Gasteiger partial charge in [-0.25, -0.2) is 0 Å². The second-order valence-corrected chi connectivity index (χ2v) is 25.6. The summed E-state index contributed by atoms with van der Waals surface area (Å²) in [4.78, 5) is 38.4. The molecular formula is C75H144O6. The number of ether oxygens (including phenoxy) is 3. The average molecular weight is 1140 g/mol. The van der Waals surface area contributed by atoms with Crippen LogP contribution in [-0.2, 0) is 28.6 Å². The van der Waals surface area contributed by atoms with Crippen LogP contribution in [0.3, 0.4) is 0 Å². The summed E-state index contributed by atoms with van der Waals surface area (Å²) in [6, 6.07) is 0. The molecule has 0 aromatic carbocycles. The Morgan fingerprint density at radius 3 is 0.617 bits per heavy atom. The SMILES string of the molecule is CCCCCCCCCC/C=C\CCCCCCCCCCCCCCCCCC(=O)OCC(COC(=O)CCCCCCCCCCCCCC)OC(=O)CCCCCCCCCCCCCCCCCCCCCCCCCC. The molecule has 0 bridgehead atoms. The number of hydrogen-bond acceptors (Lipinski definition) is 6. The first-order valence-corrected chi connectivity index (χ1v) is 37.2. The maximum atomic E-state index is 13.0. The summed E-state index contributed by atoms with van der Waals surface area (Å²) < 4.78 is 17.0. The molecule has 0 aliphatic heterocycles. The van der Waals surface area contributed by atoms with Gasteiger partial charge in [0.1, 0.15) is 13.2 Å². The normalized spacial score (nSPS) is 12.0. The molecule has 0 aromatic rings. The molecule has 0 saturated carbocycles. The van der Waals surface area contributed by atoms with E-state index in [0.29, 0.717) is 19.3 Å². The molecule has 0 spiro atoms. The first-order valence-electron chi connectivity index (χ1n) is 37.2. The highest BCUT2D eigenvalue weighted by Gasteiger charge is 2.20. The lowest BCUT2D eigenvalue weighted by Gasteiger charge is -2.18. The fourth-order valence-corrected chi connectivity index (χ4v) is 11.7. The minimum absolute atomic E-state index is 0.0622. The minimum Gasteiger partial charge on any atom is -0.462 e. The molecule has 0 amide bonds. The summed E-state index contributed by atoms with van der Waals surface area (Å²) >= 11 is 0. The Bertz CT molecular complexity index is 1260. The first kappa shape index (κ1) is 79.2. The predicted molar refractivity (Wildman–Crippen MR) is 353 cm³/mol. The van der Waals surface area contributed by atoms with Crippen molar-refractivity contribution >= 4 is 17.9 Å². The van der Waals surface area contributed by atoms with E-state index in [1.165, 1.54) is 334 Å². The van der Waals surface area contributed by atoms with Crippen LogP contribution < -0.4 is 0 Å². The Kier molecular flexibility index (Phi) is 69.0. The smallest absolute Gasteiger partial charge is 0.306 e. The average Bonchev–Trinajstić information content (AvgIpc) is 3.47. The maximum Gasteiger partial charge on any atom is 0.306 e. The molecule has 480 valence electrons. The molecule has 1 unspecified atom stereocenters. The quantitative estimate of drug-likeness (QED) is 0.0261. The van der Waals surface area contributed by atoms with Gasteiger partial charge in [-0.15, -0.1) is 0 Å². The van der Waals surface area contributed by atoms with Gasteiger partial charge in [0.25, 0.3) is 0 Å². The van der Waals surface area contributed by atoms with Crippen molar-refractivity contribution in [3.05, 3.63) is 12.2 Å². The highest BCUT2D eigenvalue weighted by Crippen LogP contribution is 2.19. The summed E-state index contributed by atoms with van der Waals surface area (Å²) in [5, 5.41) is 0. The molecule has 0 heterocycles. The van der Waals surface area contributed by atoms with Crippen LogP contribution in [0.4, 0.5) is 0 Å². The zero-order valence-electron chi connectivity index (χ0n) is 55.4. The van der Waals surface area contributed by atoms with Crippen LogP contribution in [0, 0.1) is 0 Å². The van der Waals surface area contributed by atoms with Gasteiger partial charge >= 0.3 is 17.9 Å². The number of esters is 3. The van der Waals surface area contributed by atoms with E-state index in [2.05, 4.69) is 32.9 Å². The van der Waals surface area contributed by atoms with Crippen molar-refractivity contribution < 1.29 is 28.6 Å². The van der Waals surface area contributed by atoms with Gasteiger partial charge < -0.3 is 14.2 Å². The Balaban J connectivity index is 4.15. The van der Waals surface area contributed by atoms with Crippen molar-refractivity contribution in [3.63, 3.8) is 0 Å². The third-order valence-electron chi connectivity index (χ3n) is 17.3. The molecule has 0 N–H and O–H groups in total. The highest BCUT2D eigenvalue weighted by molar-refractivity contribution is 5.71. The predicted octanol–water partition coefficient (Wildman–Crippen LogP) is 25.6. The molecular weight excluding hydrogens is 997 g/mol. The number of carbonyl (C=O) groups excluding carboxylic acids is 3. The zero-order valence-corrected chi connectivity index (χ0v) is 55.4. The van der Waals surface area contributed by atoms with E-state index >= 15 is 0 Å². The van der Waals surface area contributed by atoms with Gasteiger partial charge in [-0.3, -0.25) is 14.4 Å². The number of rotatable bonds is 70. The molecule has 0 fully saturated rings. The molecule has 81 heavy (non-hydrogen) atoms. The van der Waals surface area contributed by atoms with Crippen molar-refractivity contribution in [1.82, 2.24) is 0 Å². The summed E-state index contributed by atoms with van der Waals surface area (Å²) in [5.41, 5.74) is 0. The van der Waals surface area contributed by atoms with Gasteiger partial charge in [-0.1, -0.05) is 380 Å². The molecule has 0 rings (SSSR count). The van der Waals surface area contributed by atoms with Crippen molar-refractivity contribution in [2.45, 2.75) is 438 Å². The summed E-state index contributed by atoms with van der Waals surface area (Å²) in [6.07, 6.45) is 85.5. The van der Waals surface area contributed by atoms with Crippen LogP contribution in [0.25, 0.3) is 0 Å². The van der Waals surface area contributed by atoms with E-state index in [9.17, 15) is 14.4 Å². The minimum atomic E-state index is -0.765. The van der Waals surface area contributed by atoms with Crippen molar-refractivity contribution in [2.75, 3.05) is 13.2 Å². The highest BCUT2D eigenvalue weighted by atomic mass is 16.6. The molecule has 0 radical (unpaired) electrons. The van der Waals surface area contributed by atoms with Crippen LogP contribution in [0.1, 0.15) is 432 Å². The summed E-state index contributed by atoms with van der Waals surface area (Å²) in [6.45, 7) is 6.73. The molecule has 6 heteroatoms. The van der Waals surface area contributed by atoms with Crippen molar-refractivity contribution in [2.24, 2.45) is 0 Å². The Labute approximate surface area is 507 Å². The monoisotopic (exact) mass is 1140 g/mol. The summed E-state index contributed by atoms with van der Waals surface area (Å²) in [7, 11) is 0. The van der Waals surface area contributed by atoms with E-state index in [1.54, 1.807) is 0 Å². The molecule has 0 aliphatic rings. The van der Waals surface area contributed by atoms with Gasteiger partial charge in [0.15, 0.2) is 6.10 Å². The van der Waals surface area contributed by atoms with Crippen LogP contribution in [-0.4, -0.2) is 37.2 Å². The van der Waals surface area contributed by atoms with Crippen LogP contribution in [0.5, 0.6) is 0 Å². The van der Waals surface area contributed by atoms with E-state index in [1.807, 2.05) is 0 Å². The second-order valence-electron chi connectivity index (χ2n) is 25.6. The third kappa shape index (κ3) is 68.8. The van der Waals surface area contributed by atoms with E-state index in [-0.39, 0.29) is 31.1 Å². The standard InChI is InChI=1S/C75H144O6/c1-4-7-10-13-16-19-22-25-27-29-31-33-35-37-38-39-41-42-44-46-48-50-53-56-59-62-65-68-74(77)80-71-72(70-79-73(76)67-64-61-58-55-52-24-21-18-15-12-9-6-3)81-75(78)69-66-63-60-57-54-51-49-47-45-43-40-36-34-32-30-28-26-23-20-17-14-11-8-5-2/h29,31,72H,4-28,30,32-71H2,1-3H3/b31-29-. The van der Waals surface area contributed by atoms with Gasteiger partial charge in [-0.2, -0.15) is 0 Å². The molecule has 0 saturated heterocycles. The molecule has 0 aliphatic carbocycles. The summed E-state index contributed by atoms with van der Waals surface area (Å²) in [5.74, 6) is -0.824. The van der Waals surface area contributed by atoms with Gasteiger partial charge in [0, 0.05) is 19.3 Å². The molecule has 6 nitrogen and oxygen atoms in total. The lowest BCUT2D eigenvalue weighted by molar-refractivity contribution is -0.167. The van der Waals surface area contributed by atoms with Gasteiger partial charge in [-0.05, 0) is 44.9 Å². The van der Waals surface area contributed by atoms with Gasteiger partial charge in [0.2, 0.25) is 0 Å². The Hall–Kier alpha value is -1.85. The number of carbonyl (C=O) groups is 3. The van der Waals surface area contributed by atoms with Crippen molar-refractivity contribution in [1.29, 1.82) is 0 Å². The maximum absolute atomic E-state index is 13.0. The first-order chi connectivity index (χ1) is 40.0. The lowest BCUT2D eigenvalue weighted by atomic mass is 10.0. The second kappa shape index (κ2) is 70.6. The van der Waals surface area contributed by atoms with Crippen molar-refractivity contribution in [3.8, 4) is 0 Å². The fourth-order valence-electron chi connectivity index (χ4n) is 11.7. The van der Waals surface area contributed by atoms with E-state index < -0.39 is 6.10 Å². The van der Waals surface area contributed by atoms with Crippen LogP contribution in [0.2, 0.25) is 0 Å². The fraction of sp³-hybridized carbons (Fsp3) is 0.933. The lowest BCUT2D eigenvalue weighted by Crippen LogP contribution is -2.30. The zero-order chi connectivity index (χ0) is 58.5. The largest absolute Gasteiger partial charge is 0.462 e. The van der Waals surface area contributed by atoms with Gasteiger partial charge in [0.05, 0.1) is 0 Å². The Morgan fingerprint density at radius 1 is 0.235 bits per heavy atom. The van der Waals surface area contributed by atoms with Crippen LogP contribution >= 0.6 is 0 Å². The molecule has 1 atom stereocenters. The number of allylic oxidation sites excluding steroid dienone is 2. The van der Waals surface area contributed by atoms with E-state index in [4.69, 9.17) is 14.2 Å². The number of unbranched alkanes of at least 4 members (excludes halogenated alkanes) is 57. The van der Waals surface area contributed by atoms with E-state index in [0.717, 1.165) is 57.8 Å². The Morgan fingerprint density at radius 2 is 0.407 bits per heavy atom.